The minimum Gasteiger partial charge on any atom is -0.376 e. The van der Waals surface area contributed by atoms with Crippen LogP contribution in [0.25, 0.3) is 0 Å². The fraction of sp³-hybridized carbons (Fsp3) is 0.889. The van der Waals surface area contributed by atoms with E-state index in [4.69, 9.17) is 15.7 Å². The summed E-state index contributed by atoms with van der Waals surface area (Å²) in [6.07, 6.45) is 1.21. The van der Waals surface area contributed by atoms with Gasteiger partial charge in [0.2, 0.25) is 0 Å². The molecule has 0 aliphatic heterocycles. The maximum Gasteiger partial charge on any atom is 0.116 e. The number of nitrogens with zero attached hydrogens (tertiary/aromatic N) is 1. The summed E-state index contributed by atoms with van der Waals surface area (Å²) in [4.78, 5) is 0. The Hall–Kier alpha value is -0.590. The van der Waals surface area contributed by atoms with Gasteiger partial charge in [0.1, 0.15) is 6.04 Å². The summed E-state index contributed by atoms with van der Waals surface area (Å²) in [5, 5.41) is 8.37. The second-order valence-corrected chi connectivity index (χ2v) is 3.51. The van der Waals surface area contributed by atoms with Crippen LogP contribution in [0.15, 0.2) is 0 Å². The second-order valence-electron chi connectivity index (χ2n) is 3.51. The van der Waals surface area contributed by atoms with Crippen LogP contribution in [0, 0.1) is 17.2 Å². The third-order valence-corrected chi connectivity index (χ3v) is 1.53. The Morgan fingerprint density at radius 2 is 2.00 bits per heavy atom. The molecule has 0 heterocycles. The van der Waals surface area contributed by atoms with Crippen LogP contribution in [0.1, 0.15) is 27.2 Å². The molecule has 0 aromatic heterocycles. The van der Waals surface area contributed by atoms with Crippen molar-refractivity contribution in [3.05, 3.63) is 0 Å². The molecule has 0 bridgehead atoms. The molecule has 12 heavy (non-hydrogen) atoms. The van der Waals surface area contributed by atoms with Gasteiger partial charge in [0.15, 0.2) is 0 Å². The van der Waals surface area contributed by atoms with Crippen molar-refractivity contribution in [2.45, 2.75) is 39.3 Å². The summed E-state index contributed by atoms with van der Waals surface area (Å²) >= 11 is 0. The lowest BCUT2D eigenvalue weighted by Crippen LogP contribution is -2.27. The van der Waals surface area contributed by atoms with E-state index in [0.717, 1.165) is 6.42 Å². The van der Waals surface area contributed by atoms with E-state index in [1.54, 1.807) is 0 Å². The normalized spacial score (nSPS) is 15.7. The van der Waals surface area contributed by atoms with Gasteiger partial charge in [-0.25, -0.2) is 0 Å². The van der Waals surface area contributed by atoms with E-state index in [1.807, 2.05) is 13.0 Å². The van der Waals surface area contributed by atoms with E-state index < -0.39 is 6.04 Å². The van der Waals surface area contributed by atoms with Crippen LogP contribution in [0.3, 0.4) is 0 Å². The van der Waals surface area contributed by atoms with Gasteiger partial charge in [-0.15, -0.1) is 0 Å². The molecular weight excluding hydrogens is 152 g/mol. The molecule has 3 nitrogen and oxygen atoms in total. The molecule has 0 aliphatic carbocycles. The molecule has 0 aliphatic rings. The van der Waals surface area contributed by atoms with Gasteiger partial charge in [0.25, 0.3) is 0 Å². The summed E-state index contributed by atoms with van der Waals surface area (Å²) in [5.74, 6) is 0.623. The van der Waals surface area contributed by atoms with Crippen LogP contribution >= 0.6 is 0 Å². The van der Waals surface area contributed by atoms with Crippen molar-refractivity contribution >= 4 is 0 Å². The van der Waals surface area contributed by atoms with Crippen molar-refractivity contribution < 1.29 is 4.74 Å². The van der Waals surface area contributed by atoms with Gasteiger partial charge in [-0.2, -0.15) is 5.26 Å². The van der Waals surface area contributed by atoms with E-state index in [1.165, 1.54) is 0 Å². The van der Waals surface area contributed by atoms with E-state index in [9.17, 15) is 0 Å². The Bertz CT molecular complexity index is 151. The Balaban J connectivity index is 3.45. The topological polar surface area (TPSA) is 59.0 Å². The standard InChI is InChI=1S/C9H18N2O/c1-7(2)4-8(3)12-6-9(11)5-10/h7-9H,4,6,11H2,1-3H3. The van der Waals surface area contributed by atoms with Crippen molar-refractivity contribution in [1.82, 2.24) is 0 Å². The predicted molar refractivity (Wildman–Crippen MR) is 48.5 cm³/mol. The van der Waals surface area contributed by atoms with Gasteiger partial charge in [-0.3, -0.25) is 0 Å². The fourth-order valence-corrected chi connectivity index (χ4v) is 1.04. The minimum absolute atomic E-state index is 0.199. The number of hydrogen-bond acceptors (Lipinski definition) is 3. The number of hydrogen-bond donors (Lipinski definition) is 1. The van der Waals surface area contributed by atoms with Crippen molar-refractivity contribution in [2.75, 3.05) is 6.61 Å². The maximum absolute atomic E-state index is 8.37. The van der Waals surface area contributed by atoms with Crippen LogP contribution in [0.4, 0.5) is 0 Å². The first kappa shape index (κ1) is 11.4. The van der Waals surface area contributed by atoms with Crippen molar-refractivity contribution in [1.29, 1.82) is 5.26 Å². The van der Waals surface area contributed by atoms with Gasteiger partial charge in [-0.05, 0) is 19.3 Å². The molecule has 70 valence electrons. The van der Waals surface area contributed by atoms with Crippen LogP contribution in [0.5, 0.6) is 0 Å². The van der Waals surface area contributed by atoms with Crippen LogP contribution < -0.4 is 5.73 Å². The summed E-state index contributed by atoms with van der Waals surface area (Å²) in [6, 6.07) is 1.44. The van der Waals surface area contributed by atoms with Gasteiger partial charge < -0.3 is 10.5 Å². The lowest BCUT2D eigenvalue weighted by Gasteiger charge is -2.15. The van der Waals surface area contributed by atoms with Gasteiger partial charge in [0, 0.05) is 0 Å². The number of nitriles is 1. The highest BCUT2D eigenvalue weighted by Gasteiger charge is 2.07. The van der Waals surface area contributed by atoms with Crippen molar-refractivity contribution in [3.8, 4) is 6.07 Å². The number of ether oxygens (including phenoxy) is 1. The van der Waals surface area contributed by atoms with E-state index >= 15 is 0 Å². The summed E-state index contributed by atoms with van der Waals surface area (Å²) in [6.45, 7) is 6.63. The molecule has 0 aromatic carbocycles. The Kier molecular flexibility index (Phi) is 5.69. The lowest BCUT2D eigenvalue weighted by atomic mass is 10.1. The predicted octanol–water partition coefficient (Wildman–Crippen LogP) is 1.29. The quantitative estimate of drug-likeness (QED) is 0.676. The summed E-state index contributed by atoms with van der Waals surface area (Å²) in [7, 11) is 0. The zero-order valence-electron chi connectivity index (χ0n) is 8.08. The fourth-order valence-electron chi connectivity index (χ4n) is 1.04. The molecule has 0 saturated heterocycles. The molecule has 0 fully saturated rings. The molecule has 2 unspecified atom stereocenters. The molecule has 0 radical (unpaired) electrons. The molecule has 0 rings (SSSR count). The Morgan fingerprint density at radius 3 is 2.42 bits per heavy atom. The van der Waals surface area contributed by atoms with Gasteiger partial charge >= 0.3 is 0 Å². The largest absolute Gasteiger partial charge is 0.376 e. The molecule has 2 N–H and O–H groups in total. The lowest BCUT2D eigenvalue weighted by molar-refractivity contribution is 0.0499. The average molecular weight is 170 g/mol. The number of rotatable bonds is 5. The highest BCUT2D eigenvalue weighted by molar-refractivity contribution is 4.86. The number of nitrogens with two attached hydrogens (primary N) is 1. The Morgan fingerprint density at radius 1 is 1.42 bits per heavy atom. The first-order valence-corrected chi connectivity index (χ1v) is 4.33. The van der Waals surface area contributed by atoms with E-state index in [0.29, 0.717) is 12.5 Å². The molecule has 2 atom stereocenters. The van der Waals surface area contributed by atoms with Gasteiger partial charge in [0.05, 0.1) is 18.8 Å². The van der Waals surface area contributed by atoms with Crippen LogP contribution in [0.2, 0.25) is 0 Å². The van der Waals surface area contributed by atoms with Crippen LogP contribution in [-0.4, -0.2) is 18.8 Å². The SMILES string of the molecule is CC(C)CC(C)OCC(N)C#N. The minimum atomic E-state index is -0.486. The zero-order valence-corrected chi connectivity index (χ0v) is 8.08. The average Bonchev–Trinajstić information content (AvgIpc) is 1.99. The van der Waals surface area contributed by atoms with E-state index in [-0.39, 0.29) is 6.10 Å². The highest BCUT2D eigenvalue weighted by atomic mass is 16.5. The summed E-state index contributed by atoms with van der Waals surface area (Å²) in [5.41, 5.74) is 5.37. The Labute approximate surface area is 74.5 Å². The van der Waals surface area contributed by atoms with Crippen molar-refractivity contribution in [3.63, 3.8) is 0 Å². The summed E-state index contributed by atoms with van der Waals surface area (Å²) < 4.78 is 5.36. The third-order valence-electron chi connectivity index (χ3n) is 1.53. The van der Waals surface area contributed by atoms with Gasteiger partial charge in [-0.1, -0.05) is 13.8 Å². The molecule has 0 spiro atoms. The third kappa shape index (κ3) is 6.14. The van der Waals surface area contributed by atoms with Crippen molar-refractivity contribution in [2.24, 2.45) is 11.7 Å². The molecule has 3 heteroatoms. The molecular formula is C9H18N2O. The highest BCUT2D eigenvalue weighted by Crippen LogP contribution is 2.07. The molecule has 0 amide bonds. The van der Waals surface area contributed by atoms with Crippen LogP contribution in [-0.2, 0) is 4.74 Å². The smallest absolute Gasteiger partial charge is 0.116 e. The molecule has 0 saturated carbocycles. The first-order valence-electron chi connectivity index (χ1n) is 4.33. The molecule has 0 aromatic rings. The monoisotopic (exact) mass is 170 g/mol. The zero-order chi connectivity index (χ0) is 9.56. The second kappa shape index (κ2) is 5.99. The van der Waals surface area contributed by atoms with E-state index in [2.05, 4.69) is 13.8 Å². The first-order chi connectivity index (χ1) is 5.56. The maximum atomic E-state index is 8.37.